The Morgan fingerprint density at radius 3 is 2.59 bits per heavy atom. The van der Waals surface area contributed by atoms with E-state index in [1.165, 1.54) is 6.08 Å². The highest BCUT2D eigenvalue weighted by Gasteiger charge is 2.04. The fraction of sp³-hybridized carbons (Fsp3) is 0.167. The average molecular weight is 298 g/mol. The lowest BCUT2D eigenvalue weighted by Gasteiger charge is -2.11. The van der Waals surface area contributed by atoms with Crippen LogP contribution in [0.2, 0.25) is 0 Å². The van der Waals surface area contributed by atoms with Gasteiger partial charge in [0.25, 0.3) is 0 Å². The molecule has 114 valence electrons. The van der Waals surface area contributed by atoms with Crippen LogP contribution in [0.15, 0.2) is 54.6 Å². The standard InChI is InChI=1S/C18H18O4/c1-2-21-17-10-9-16(12-15(17)8-11-18(19)20)22-13-14-6-4-3-5-7-14/h3-12H,2,13H2,1H3,(H,19,20). The van der Waals surface area contributed by atoms with Crippen LogP contribution in [-0.4, -0.2) is 17.7 Å². The third-order valence-corrected chi connectivity index (χ3v) is 2.93. The molecule has 0 aliphatic carbocycles. The normalized spacial score (nSPS) is 10.6. The molecule has 2 aromatic rings. The van der Waals surface area contributed by atoms with Gasteiger partial charge in [-0.2, -0.15) is 0 Å². The number of carboxylic acids is 1. The van der Waals surface area contributed by atoms with E-state index in [2.05, 4.69) is 0 Å². The van der Waals surface area contributed by atoms with Crippen LogP contribution in [0.1, 0.15) is 18.1 Å². The van der Waals surface area contributed by atoms with Crippen molar-refractivity contribution in [3.05, 3.63) is 65.7 Å². The summed E-state index contributed by atoms with van der Waals surface area (Å²) in [5, 5.41) is 8.76. The van der Waals surface area contributed by atoms with Crippen molar-refractivity contribution >= 4 is 12.0 Å². The highest BCUT2D eigenvalue weighted by Crippen LogP contribution is 2.26. The second kappa shape index (κ2) is 7.88. The molecule has 2 rings (SSSR count). The zero-order chi connectivity index (χ0) is 15.8. The van der Waals surface area contributed by atoms with Crippen LogP contribution >= 0.6 is 0 Å². The smallest absolute Gasteiger partial charge is 0.328 e. The average Bonchev–Trinajstić information content (AvgIpc) is 2.53. The van der Waals surface area contributed by atoms with Crippen molar-refractivity contribution in [3.63, 3.8) is 0 Å². The summed E-state index contributed by atoms with van der Waals surface area (Å²) in [6, 6.07) is 15.2. The van der Waals surface area contributed by atoms with Gasteiger partial charge in [-0.15, -0.1) is 0 Å². The number of carbonyl (C=O) groups is 1. The number of hydrogen-bond acceptors (Lipinski definition) is 3. The van der Waals surface area contributed by atoms with Crippen LogP contribution in [0.4, 0.5) is 0 Å². The molecule has 0 unspecified atom stereocenters. The molecule has 0 spiro atoms. The van der Waals surface area contributed by atoms with Gasteiger partial charge in [0.1, 0.15) is 18.1 Å². The third-order valence-electron chi connectivity index (χ3n) is 2.93. The Kier molecular flexibility index (Phi) is 5.60. The summed E-state index contributed by atoms with van der Waals surface area (Å²) in [6.45, 7) is 2.85. The molecule has 0 aliphatic rings. The highest BCUT2D eigenvalue weighted by molar-refractivity contribution is 5.86. The number of ether oxygens (including phenoxy) is 2. The number of hydrogen-bond donors (Lipinski definition) is 1. The Hall–Kier alpha value is -2.75. The van der Waals surface area contributed by atoms with E-state index in [0.717, 1.165) is 11.6 Å². The van der Waals surface area contributed by atoms with E-state index in [1.54, 1.807) is 12.1 Å². The van der Waals surface area contributed by atoms with E-state index in [9.17, 15) is 4.79 Å². The van der Waals surface area contributed by atoms with E-state index in [-0.39, 0.29) is 0 Å². The van der Waals surface area contributed by atoms with Crippen LogP contribution in [0.3, 0.4) is 0 Å². The third kappa shape index (κ3) is 4.66. The molecule has 0 radical (unpaired) electrons. The molecule has 1 N–H and O–H groups in total. The van der Waals surface area contributed by atoms with Gasteiger partial charge in [0.05, 0.1) is 6.61 Å². The molecule has 0 aromatic heterocycles. The first-order valence-corrected chi connectivity index (χ1v) is 7.03. The van der Waals surface area contributed by atoms with E-state index in [4.69, 9.17) is 14.6 Å². The molecule has 0 amide bonds. The predicted molar refractivity (Wildman–Crippen MR) is 85.1 cm³/mol. The summed E-state index contributed by atoms with van der Waals surface area (Å²) < 4.78 is 11.2. The molecule has 4 nitrogen and oxygen atoms in total. The largest absolute Gasteiger partial charge is 0.493 e. The summed E-state index contributed by atoms with van der Waals surface area (Å²) >= 11 is 0. The monoisotopic (exact) mass is 298 g/mol. The Morgan fingerprint density at radius 2 is 1.91 bits per heavy atom. The van der Waals surface area contributed by atoms with Crippen LogP contribution in [0, 0.1) is 0 Å². The highest BCUT2D eigenvalue weighted by atomic mass is 16.5. The number of aliphatic carboxylic acids is 1. The van der Waals surface area contributed by atoms with Gasteiger partial charge in [-0.25, -0.2) is 4.79 Å². The quantitative estimate of drug-likeness (QED) is 0.791. The van der Waals surface area contributed by atoms with Gasteiger partial charge < -0.3 is 14.6 Å². The lowest BCUT2D eigenvalue weighted by Crippen LogP contribution is -1.98. The Morgan fingerprint density at radius 1 is 1.14 bits per heavy atom. The SMILES string of the molecule is CCOc1ccc(OCc2ccccc2)cc1C=CC(=O)O. The topological polar surface area (TPSA) is 55.8 Å². The van der Waals surface area contributed by atoms with E-state index < -0.39 is 5.97 Å². The van der Waals surface area contributed by atoms with Crippen molar-refractivity contribution in [3.8, 4) is 11.5 Å². The first kappa shape index (κ1) is 15.6. The minimum Gasteiger partial charge on any atom is -0.493 e. The second-order valence-corrected chi connectivity index (χ2v) is 4.58. The molecule has 0 bridgehead atoms. The van der Waals surface area contributed by atoms with Gasteiger partial charge >= 0.3 is 5.97 Å². The van der Waals surface area contributed by atoms with Crippen LogP contribution in [0.25, 0.3) is 6.08 Å². The summed E-state index contributed by atoms with van der Waals surface area (Å²) in [4.78, 5) is 10.7. The first-order chi connectivity index (χ1) is 10.7. The number of benzene rings is 2. The summed E-state index contributed by atoms with van der Waals surface area (Å²) in [5.74, 6) is 0.294. The van der Waals surface area contributed by atoms with Crippen molar-refractivity contribution in [2.24, 2.45) is 0 Å². The van der Waals surface area contributed by atoms with Crippen LogP contribution in [0.5, 0.6) is 11.5 Å². The summed E-state index contributed by atoms with van der Waals surface area (Å²) in [6.07, 6.45) is 2.58. The fourth-order valence-electron chi connectivity index (χ4n) is 1.94. The van der Waals surface area contributed by atoms with Gasteiger partial charge in [-0.1, -0.05) is 30.3 Å². The van der Waals surface area contributed by atoms with Gasteiger partial charge in [-0.05, 0) is 36.8 Å². The minimum absolute atomic E-state index is 0.455. The van der Waals surface area contributed by atoms with Gasteiger partial charge in [0.2, 0.25) is 0 Å². The maximum atomic E-state index is 10.7. The van der Waals surface area contributed by atoms with Crippen molar-refractivity contribution in [1.29, 1.82) is 0 Å². The molecule has 0 heterocycles. The molecular weight excluding hydrogens is 280 g/mol. The molecule has 0 saturated heterocycles. The zero-order valence-electron chi connectivity index (χ0n) is 12.4. The van der Waals surface area contributed by atoms with Crippen molar-refractivity contribution in [1.82, 2.24) is 0 Å². The maximum absolute atomic E-state index is 10.7. The zero-order valence-corrected chi connectivity index (χ0v) is 12.4. The van der Waals surface area contributed by atoms with Crippen LogP contribution in [-0.2, 0) is 11.4 Å². The van der Waals surface area contributed by atoms with Crippen molar-refractivity contribution < 1.29 is 19.4 Å². The van der Waals surface area contributed by atoms with Crippen LogP contribution < -0.4 is 9.47 Å². The van der Waals surface area contributed by atoms with Crippen molar-refractivity contribution in [2.75, 3.05) is 6.61 Å². The molecule has 0 atom stereocenters. The minimum atomic E-state index is -1.00. The lowest BCUT2D eigenvalue weighted by atomic mass is 10.1. The Bertz CT molecular complexity index is 647. The first-order valence-electron chi connectivity index (χ1n) is 7.03. The molecule has 0 aliphatic heterocycles. The van der Waals surface area contributed by atoms with Crippen molar-refractivity contribution in [2.45, 2.75) is 13.5 Å². The van der Waals surface area contributed by atoms with Gasteiger partial charge in [0, 0.05) is 11.6 Å². The Balaban J connectivity index is 2.14. The molecule has 0 fully saturated rings. The van der Waals surface area contributed by atoms with Gasteiger partial charge in [-0.3, -0.25) is 0 Å². The van der Waals surface area contributed by atoms with E-state index in [0.29, 0.717) is 30.3 Å². The number of carboxylic acid groups (broad SMARTS) is 1. The molecule has 2 aromatic carbocycles. The maximum Gasteiger partial charge on any atom is 0.328 e. The molecule has 4 heteroatoms. The Labute approximate surface area is 129 Å². The molecule has 0 saturated carbocycles. The molecular formula is C18H18O4. The molecule has 22 heavy (non-hydrogen) atoms. The summed E-state index contributed by atoms with van der Waals surface area (Å²) in [5.41, 5.74) is 1.74. The van der Waals surface area contributed by atoms with Gasteiger partial charge in [0.15, 0.2) is 0 Å². The second-order valence-electron chi connectivity index (χ2n) is 4.58. The predicted octanol–water partition coefficient (Wildman–Crippen LogP) is 3.76. The summed E-state index contributed by atoms with van der Waals surface area (Å²) in [7, 11) is 0. The fourth-order valence-corrected chi connectivity index (χ4v) is 1.94. The van der Waals surface area contributed by atoms with E-state index >= 15 is 0 Å². The lowest BCUT2D eigenvalue weighted by molar-refractivity contribution is -0.131. The van der Waals surface area contributed by atoms with E-state index in [1.807, 2.05) is 43.3 Å². The number of rotatable bonds is 7.